The van der Waals surface area contributed by atoms with Gasteiger partial charge in [-0.1, -0.05) is 72.2 Å². The zero-order chi connectivity index (χ0) is 51.4. The molecule has 0 radical (unpaired) electrons. The lowest BCUT2D eigenvalue weighted by atomic mass is 9.49. The number of ether oxygens (including phenoxy) is 3. The number of halogens is 1. The van der Waals surface area contributed by atoms with E-state index >= 15 is 0 Å². The summed E-state index contributed by atoms with van der Waals surface area (Å²) < 4.78 is 17.8. The molecule has 3 atom stereocenters. The quantitative estimate of drug-likeness (QED) is 0.0950. The van der Waals surface area contributed by atoms with Gasteiger partial charge >= 0.3 is 0 Å². The second-order valence-corrected chi connectivity index (χ2v) is 22.1. The highest BCUT2D eigenvalue weighted by Gasteiger charge is 2.64. The average molecular weight is 1010 g/mol. The fourth-order valence-corrected chi connectivity index (χ4v) is 11.3. The number of pyridine rings is 1. The number of anilines is 1. The van der Waals surface area contributed by atoms with E-state index in [4.69, 9.17) is 25.8 Å². The molecule has 7 rings (SSSR count). The molecule has 4 heterocycles. The fraction of sp³-hybridized carbons (Fsp3) is 0.519. The van der Waals surface area contributed by atoms with Gasteiger partial charge in [-0.15, -0.1) is 11.3 Å². The van der Waals surface area contributed by atoms with E-state index in [1.54, 1.807) is 43.1 Å². The smallest absolute Gasteiger partial charge is 0.253 e. The molecule has 0 spiro atoms. The van der Waals surface area contributed by atoms with E-state index in [2.05, 4.69) is 69.5 Å². The zero-order valence-corrected chi connectivity index (χ0v) is 43.6. The molecule has 1 saturated carbocycles. The van der Waals surface area contributed by atoms with Crippen LogP contribution in [0.1, 0.15) is 82.1 Å². The maximum absolute atomic E-state index is 14.1. The van der Waals surface area contributed by atoms with Crippen LogP contribution in [-0.2, 0) is 25.7 Å². The summed E-state index contributed by atoms with van der Waals surface area (Å²) in [5.41, 5.74) is 3.74. The van der Waals surface area contributed by atoms with E-state index in [1.165, 1.54) is 16.2 Å². The van der Waals surface area contributed by atoms with E-state index in [-0.39, 0.29) is 44.2 Å². The third-order valence-electron chi connectivity index (χ3n) is 14.0. The first-order valence-corrected chi connectivity index (χ1v) is 25.2. The number of rotatable bonds is 17. The number of aryl methyl sites for hydroxylation is 1. The number of hydrogen-bond acceptors (Lipinski definition) is 14. The van der Waals surface area contributed by atoms with Crippen LogP contribution in [0.15, 0.2) is 60.2 Å². The number of thiazole rings is 1. The summed E-state index contributed by atoms with van der Waals surface area (Å²) in [6, 6.07) is 14.4. The molecule has 2 aliphatic heterocycles. The molecule has 4 N–H and O–H groups in total. The summed E-state index contributed by atoms with van der Waals surface area (Å²) in [6.07, 6.45) is 0.551. The molecule has 4 aromatic rings. The van der Waals surface area contributed by atoms with Crippen molar-refractivity contribution in [3.8, 4) is 28.0 Å². The van der Waals surface area contributed by atoms with Crippen molar-refractivity contribution in [1.29, 1.82) is 5.26 Å². The molecule has 2 aromatic heterocycles. The van der Waals surface area contributed by atoms with Crippen LogP contribution in [-0.4, -0.2) is 138 Å². The van der Waals surface area contributed by atoms with Gasteiger partial charge in [-0.25, -0.2) is 9.97 Å². The first-order chi connectivity index (χ1) is 33.6. The SMILES string of the molecule is COc1cc(-c2scnc2C)ccc1CNC(=O)C1C[C@@H](O)CN1C(=O)[C@@H](NC(=O)COCCN1CCN(c2ccc(C(=O)NC3C(C)(C)C(Oc4ccc(C#N)c(Cl)c4)C3(C)C)cn2)CC1)C(C)(C)C. The number of aliphatic hydroxyl groups is 1. The summed E-state index contributed by atoms with van der Waals surface area (Å²) in [4.78, 5) is 70.3. The van der Waals surface area contributed by atoms with Gasteiger partial charge in [0, 0.05) is 86.9 Å². The zero-order valence-electron chi connectivity index (χ0n) is 42.0. The lowest BCUT2D eigenvalue weighted by Gasteiger charge is -2.63. The van der Waals surface area contributed by atoms with Crippen molar-refractivity contribution in [2.24, 2.45) is 16.2 Å². The van der Waals surface area contributed by atoms with Crippen molar-refractivity contribution in [3.05, 3.63) is 87.6 Å². The minimum Gasteiger partial charge on any atom is -0.496 e. The second kappa shape index (κ2) is 21.9. The van der Waals surface area contributed by atoms with Gasteiger partial charge in [0.2, 0.25) is 17.7 Å². The number of aromatic nitrogens is 2. The van der Waals surface area contributed by atoms with Gasteiger partial charge in [-0.3, -0.25) is 24.1 Å². The van der Waals surface area contributed by atoms with Gasteiger partial charge in [-0.05, 0) is 48.2 Å². The minimum atomic E-state index is -0.982. The number of methoxy groups -OCH3 is 1. The largest absolute Gasteiger partial charge is 0.496 e. The van der Waals surface area contributed by atoms with Crippen LogP contribution >= 0.6 is 22.9 Å². The Hall–Kier alpha value is -5.84. The minimum absolute atomic E-state index is 0.0379. The molecule has 2 saturated heterocycles. The number of carbonyl (C=O) groups is 4. The number of nitrogens with one attached hydrogen (secondary N) is 3. The van der Waals surface area contributed by atoms with Crippen LogP contribution in [0, 0.1) is 34.5 Å². The number of benzene rings is 2. The lowest BCUT2D eigenvalue weighted by Crippen LogP contribution is -2.74. The molecule has 19 heteroatoms. The van der Waals surface area contributed by atoms with Crippen molar-refractivity contribution in [2.45, 2.75) is 98.7 Å². The third kappa shape index (κ3) is 11.9. The van der Waals surface area contributed by atoms with Gasteiger partial charge in [0.15, 0.2) is 0 Å². The van der Waals surface area contributed by atoms with Crippen LogP contribution in [0.25, 0.3) is 10.4 Å². The van der Waals surface area contributed by atoms with E-state index in [0.29, 0.717) is 53.9 Å². The summed E-state index contributed by atoms with van der Waals surface area (Å²) in [5, 5.41) is 29.2. The molecule has 2 aromatic carbocycles. The Bertz CT molecular complexity index is 2610. The van der Waals surface area contributed by atoms with E-state index in [1.807, 2.05) is 52.0 Å². The number of hydrogen-bond donors (Lipinski definition) is 4. The van der Waals surface area contributed by atoms with Crippen molar-refractivity contribution in [2.75, 3.05) is 64.5 Å². The summed E-state index contributed by atoms with van der Waals surface area (Å²) >= 11 is 7.79. The number of carbonyl (C=O) groups excluding carboxylic acids is 4. The monoisotopic (exact) mass is 1010 g/mol. The molecule has 0 bridgehead atoms. The van der Waals surface area contributed by atoms with Crippen LogP contribution in [0.2, 0.25) is 5.02 Å². The van der Waals surface area contributed by atoms with Gasteiger partial charge < -0.3 is 45.1 Å². The Labute approximate surface area is 425 Å². The maximum atomic E-state index is 14.1. The predicted octanol–water partition coefficient (Wildman–Crippen LogP) is 5.61. The topological polar surface area (TPSA) is 212 Å². The Balaban J connectivity index is 0.834. The first kappa shape index (κ1) is 53.0. The van der Waals surface area contributed by atoms with E-state index < -0.39 is 52.2 Å². The van der Waals surface area contributed by atoms with Crippen molar-refractivity contribution < 1.29 is 38.5 Å². The Morgan fingerprint density at radius 1 is 1.01 bits per heavy atom. The molecule has 71 heavy (non-hydrogen) atoms. The molecule has 380 valence electrons. The van der Waals surface area contributed by atoms with Gasteiger partial charge in [0.25, 0.3) is 5.91 Å². The van der Waals surface area contributed by atoms with Crippen LogP contribution < -0.4 is 30.3 Å². The molecule has 17 nitrogen and oxygen atoms in total. The molecule has 3 aliphatic rings. The fourth-order valence-electron chi connectivity index (χ4n) is 10.3. The molecule has 1 aliphatic carbocycles. The van der Waals surface area contributed by atoms with Gasteiger partial charge in [0.05, 0.1) is 52.1 Å². The van der Waals surface area contributed by atoms with Crippen molar-refractivity contribution >= 4 is 52.4 Å². The molecular weight excluding hydrogens is 946 g/mol. The standard InChI is InChI=1S/C52H66ClN9O8S/c1-31-43(71-30-57-31)32-10-11-34(40(22-32)68-9)26-56-46(66)39-23-36(63)28-62(39)47(67)44(50(2,3)4)58-42(64)29-69-21-20-60-16-18-61(19-17-60)41-15-13-35(27-55-41)45(65)59-48-51(5,6)49(52(48,7)8)70-37-14-12-33(25-54)38(53)24-37/h10-15,22,24,27,30,36,39,44,48-49,63H,16-21,23,26,28-29H2,1-9H3,(H,56,66)(H,58,64)(H,59,65)/t36-,39?,44-,48?,49?/m1/s1. The molecule has 4 amide bonds. The highest BCUT2D eigenvalue weighted by atomic mass is 35.5. The first-order valence-electron chi connectivity index (χ1n) is 23.9. The number of nitriles is 1. The Morgan fingerprint density at radius 3 is 2.37 bits per heavy atom. The predicted molar refractivity (Wildman–Crippen MR) is 271 cm³/mol. The highest BCUT2D eigenvalue weighted by molar-refractivity contribution is 7.13. The average Bonchev–Trinajstić information content (AvgIpc) is 3.96. The Morgan fingerprint density at radius 2 is 1.75 bits per heavy atom. The summed E-state index contributed by atoms with van der Waals surface area (Å²) in [6.45, 7) is 19.4. The lowest BCUT2D eigenvalue weighted by molar-refractivity contribution is -0.164. The van der Waals surface area contributed by atoms with Crippen LogP contribution in [0.4, 0.5) is 5.82 Å². The highest BCUT2D eigenvalue weighted by Crippen LogP contribution is 2.55. The number of β-amino-alcohol motifs (C(OH)–C–C–N with tert-alkyl or cyclic N) is 1. The summed E-state index contributed by atoms with van der Waals surface area (Å²) in [5.74, 6) is 0.408. The Kier molecular flexibility index (Phi) is 16.3. The van der Waals surface area contributed by atoms with Crippen LogP contribution in [0.3, 0.4) is 0 Å². The molecule has 3 fully saturated rings. The number of likely N-dealkylation sites (tertiary alicyclic amines) is 1. The number of aliphatic hydroxyl groups excluding tert-OH is 1. The number of amides is 4. The van der Waals surface area contributed by atoms with E-state index in [9.17, 15) is 29.5 Å². The molecule has 1 unspecified atom stereocenters. The maximum Gasteiger partial charge on any atom is 0.253 e. The van der Waals surface area contributed by atoms with E-state index in [0.717, 1.165) is 40.6 Å². The summed E-state index contributed by atoms with van der Waals surface area (Å²) in [7, 11) is 1.57. The van der Waals surface area contributed by atoms with Crippen molar-refractivity contribution in [1.82, 2.24) is 35.7 Å². The van der Waals surface area contributed by atoms with Gasteiger partial charge in [0.1, 0.15) is 48.2 Å². The third-order valence-corrected chi connectivity index (χ3v) is 15.2. The number of nitrogens with zero attached hydrogens (tertiary/aromatic N) is 6. The van der Waals surface area contributed by atoms with Crippen LogP contribution in [0.5, 0.6) is 11.5 Å². The van der Waals surface area contributed by atoms with Gasteiger partial charge in [-0.2, -0.15) is 5.26 Å². The number of piperazine rings is 1. The second-order valence-electron chi connectivity index (χ2n) is 20.9. The molecular formula is C52H66ClN9O8S. The van der Waals surface area contributed by atoms with Crippen molar-refractivity contribution in [3.63, 3.8) is 0 Å². The normalized spacial score (nSPS) is 21.1.